The van der Waals surface area contributed by atoms with Gasteiger partial charge in [-0.2, -0.15) is 0 Å². The molecule has 0 saturated carbocycles. The second-order valence-corrected chi connectivity index (χ2v) is 7.36. The number of aryl methyl sites for hydroxylation is 2. The molecule has 0 aromatic carbocycles. The van der Waals surface area contributed by atoms with Crippen molar-refractivity contribution in [2.75, 3.05) is 18.8 Å². The molecule has 2 heterocycles. The summed E-state index contributed by atoms with van der Waals surface area (Å²) in [4.78, 5) is 22.9. The number of nitrogens with one attached hydrogen (secondary N) is 2. The maximum Gasteiger partial charge on any atom is 0.230 e. The fourth-order valence-electron chi connectivity index (χ4n) is 2.13. The second-order valence-electron chi connectivity index (χ2n) is 5.19. The van der Waals surface area contributed by atoms with Gasteiger partial charge in [0.15, 0.2) is 0 Å². The summed E-state index contributed by atoms with van der Waals surface area (Å²) in [5, 5.41) is 8.19. The summed E-state index contributed by atoms with van der Waals surface area (Å²) in [6.45, 7) is 9.83. The molecule has 0 aliphatic heterocycles. The average Bonchev–Trinajstić information content (AvgIpc) is 2.79. The number of nitrogens with zero attached hydrogens (tertiary/aromatic N) is 2. The van der Waals surface area contributed by atoms with E-state index in [4.69, 9.17) is 0 Å². The van der Waals surface area contributed by atoms with Crippen LogP contribution in [0, 0.1) is 13.8 Å². The normalized spacial score (nSPS) is 12.5. The van der Waals surface area contributed by atoms with Crippen molar-refractivity contribution in [2.24, 2.45) is 0 Å². The van der Waals surface area contributed by atoms with E-state index in [1.54, 1.807) is 17.7 Å². The van der Waals surface area contributed by atoms with E-state index in [1.807, 2.05) is 0 Å². The van der Waals surface area contributed by atoms with Crippen LogP contribution < -0.4 is 10.6 Å². The van der Waals surface area contributed by atoms with Gasteiger partial charge >= 0.3 is 0 Å². The number of amides is 1. The molecule has 0 fully saturated rings. The van der Waals surface area contributed by atoms with E-state index in [2.05, 4.69) is 48.3 Å². The van der Waals surface area contributed by atoms with Crippen LogP contribution in [0.25, 0.3) is 10.2 Å². The van der Waals surface area contributed by atoms with Gasteiger partial charge in [-0.25, -0.2) is 9.97 Å². The molecule has 2 N–H and O–H groups in total. The van der Waals surface area contributed by atoms with Crippen LogP contribution >= 0.6 is 23.1 Å². The molecule has 1 amide bonds. The van der Waals surface area contributed by atoms with Crippen molar-refractivity contribution in [3.05, 3.63) is 16.8 Å². The highest BCUT2D eigenvalue weighted by atomic mass is 32.2. The number of fused-ring (bicyclic) bond motifs is 1. The highest BCUT2D eigenvalue weighted by Gasteiger charge is 2.13. The minimum Gasteiger partial charge on any atom is -0.354 e. The van der Waals surface area contributed by atoms with Gasteiger partial charge in [0.25, 0.3) is 0 Å². The Morgan fingerprint density at radius 1 is 1.41 bits per heavy atom. The third kappa shape index (κ3) is 4.18. The second kappa shape index (κ2) is 7.89. The fourth-order valence-corrected chi connectivity index (χ4v) is 4.08. The van der Waals surface area contributed by atoms with Crippen LogP contribution in [0.2, 0.25) is 0 Å². The number of thiophene rings is 1. The molecule has 0 aliphatic rings. The molecule has 120 valence electrons. The number of carbonyl (C=O) groups excluding carboxylic acids is 1. The van der Waals surface area contributed by atoms with E-state index in [9.17, 15) is 4.79 Å². The van der Waals surface area contributed by atoms with Crippen molar-refractivity contribution < 1.29 is 4.79 Å². The Morgan fingerprint density at radius 2 is 2.18 bits per heavy atom. The van der Waals surface area contributed by atoms with Crippen LogP contribution in [-0.4, -0.2) is 40.8 Å². The Morgan fingerprint density at radius 3 is 2.91 bits per heavy atom. The van der Waals surface area contributed by atoms with Crippen molar-refractivity contribution in [3.8, 4) is 0 Å². The van der Waals surface area contributed by atoms with Gasteiger partial charge < -0.3 is 10.6 Å². The number of aromatic nitrogens is 2. The number of likely N-dealkylation sites (N-methyl/N-ethyl adjacent to an activating group) is 1. The molecule has 2 rings (SSSR count). The first-order valence-electron chi connectivity index (χ1n) is 7.36. The molecule has 0 unspecified atom stereocenters. The quantitative estimate of drug-likeness (QED) is 0.600. The average molecular weight is 339 g/mol. The number of hydrogen-bond donors (Lipinski definition) is 2. The molecule has 2 aromatic rings. The Hall–Kier alpha value is -1.18. The van der Waals surface area contributed by atoms with Crippen molar-refractivity contribution in [2.45, 2.75) is 38.8 Å². The van der Waals surface area contributed by atoms with Crippen LogP contribution in [0.1, 0.15) is 24.3 Å². The monoisotopic (exact) mass is 338 g/mol. The Balaban J connectivity index is 1.96. The molecule has 1 atom stereocenters. The minimum atomic E-state index is 0.0334. The molecular weight excluding hydrogens is 316 g/mol. The zero-order valence-corrected chi connectivity index (χ0v) is 15.0. The van der Waals surface area contributed by atoms with Gasteiger partial charge in [0.2, 0.25) is 5.91 Å². The smallest absolute Gasteiger partial charge is 0.230 e. The van der Waals surface area contributed by atoms with E-state index in [0.29, 0.717) is 12.3 Å². The molecule has 0 bridgehead atoms. The van der Waals surface area contributed by atoms with Gasteiger partial charge in [0, 0.05) is 22.8 Å². The van der Waals surface area contributed by atoms with Crippen molar-refractivity contribution in [1.29, 1.82) is 0 Å². The van der Waals surface area contributed by atoms with Crippen LogP contribution in [-0.2, 0) is 4.79 Å². The van der Waals surface area contributed by atoms with Gasteiger partial charge in [-0.3, -0.25) is 4.79 Å². The van der Waals surface area contributed by atoms with E-state index in [1.165, 1.54) is 22.2 Å². The zero-order valence-electron chi connectivity index (χ0n) is 13.4. The van der Waals surface area contributed by atoms with Crippen LogP contribution in [0.4, 0.5) is 0 Å². The van der Waals surface area contributed by atoms with Crippen LogP contribution in [0.3, 0.4) is 0 Å². The van der Waals surface area contributed by atoms with Crippen LogP contribution in [0.5, 0.6) is 0 Å². The Bertz CT molecular complexity index is 656. The summed E-state index contributed by atoms with van der Waals surface area (Å²) in [6, 6.07) is 0.284. The summed E-state index contributed by atoms with van der Waals surface area (Å²) >= 11 is 3.15. The molecule has 7 heteroatoms. The largest absolute Gasteiger partial charge is 0.354 e. The summed E-state index contributed by atoms with van der Waals surface area (Å²) in [7, 11) is 0. The Kier molecular flexibility index (Phi) is 6.16. The van der Waals surface area contributed by atoms with Gasteiger partial charge in [-0.1, -0.05) is 18.7 Å². The van der Waals surface area contributed by atoms with E-state index in [-0.39, 0.29) is 11.9 Å². The molecule has 0 saturated heterocycles. The zero-order chi connectivity index (χ0) is 16.1. The maximum atomic E-state index is 12.0. The van der Waals surface area contributed by atoms with Gasteiger partial charge in [0.05, 0.1) is 5.75 Å². The van der Waals surface area contributed by atoms with E-state index in [0.717, 1.165) is 21.8 Å². The first kappa shape index (κ1) is 17.2. The fraction of sp³-hybridized carbons (Fsp3) is 0.533. The summed E-state index contributed by atoms with van der Waals surface area (Å²) < 4.78 is 0. The van der Waals surface area contributed by atoms with Gasteiger partial charge in [-0.05, 0) is 32.9 Å². The van der Waals surface area contributed by atoms with Gasteiger partial charge in [-0.15, -0.1) is 11.3 Å². The third-order valence-electron chi connectivity index (χ3n) is 3.43. The van der Waals surface area contributed by atoms with E-state index < -0.39 is 0 Å². The number of rotatable bonds is 7. The molecule has 0 aliphatic carbocycles. The molecule has 2 aromatic heterocycles. The molecular formula is C15H22N4OS2. The standard InChI is InChI=1S/C15H22N4OS2/c1-5-16-9(2)6-17-12(20)7-21-14-13-10(3)11(4)22-15(13)19-8-18-14/h8-9,16H,5-7H2,1-4H3,(H,17,20)/t9-/m1/s1. The lowest BCUT2D eigenvalue weighted by Crippen LogP contribution is -2.39. The highest BCUT2D eigenvalue weighted by molar-refractivity contribution is 8.00. The van der Waals surface area contributed by atoms with Crippen molar-refractivity contribution in [3.63, 3.8) is 0 Å². The minimum absolute atomic E-state index is 0.0334. The van der Waals surface area contributed by atoms with Gasteiger partial charge in [0.1, 0.15) is 16.2 Å². The summed E-state index contributed by atoms with van der Waals surface area (Å²) in [5.74, 6) is 0.408. The Labute approximate surface area is 139 Å². The third-order valence-corrected chi connectivity index (χ3v) is 5.53. The van der Waals surface area contributed by atoms with E-state index >= 15 is 0 Å². The summed E-state index contributed by atoms with van der Waals surface area (Å²) in [6.07, 6.45) is 1.57. The van der Waals surface area contributed by atoms with Crippen molar-refractivity contribution in [1.82, 2.24) is 20.6 Å². The first-order chi connectivity index (χ1) is 10.5. The topological polar surface area (TPSA) is 66.9 Å². The summed E-state index contributed by atoms with van der Waals surface area (Å²) in [5.41, 5.74) is 1.21. The number of carbonyl (C=O) groups is 1. The lowest BCUT2D eigenvalue weighted by molar-refractivity contribution is -0.118. The van der Waals surface area contributed by atoms with Crippen LogP contribution in [0.15, 0.2) is 11.4 Å². The number of thioether (sulfide) groups is 1. The lowest BCUT2D eigenvalue weighted by atomic mass is 10.2. The molecule has 0 radical (unpaired) electrons. The SMILES string of the molecule is CCN[C@H](C)CNC(=O)CSc1ncnc2sc(C)c(C)c12. The predicted molar refractivity (Wildman–Crippen MR) is 93.8 cm³/mol. The highest BCUT2D eigenvalue weighted by Crippen LogP contribution is 2.34. The molecule has 5 nitrogen and oxygen atoms in total. The first-order valence-corrected chi connectivity index (χ1v) is 9.16. The predicted octanol–water partition coefficient (Wildman–Crippen LogP) is 2.51. The molecule has 22 heavy (non-hydrogen) atoms. The maximum absolute atomic E-state index is 12.0. The van der Waals surface area contributed by atoms with Crippen molar-refractivity contribution >= 4 is 39.2 Å². The number of hydrogen-bond acceptors (Lipinski definition) is 6. The molecule has 0 spiro atoms. The lowest BCUT2D eigenvalue weighted by Gasteiger charge is -2.13.